The van der Waals surface area contributed by atoms with Gasteiger partial charge in [-0.3, -0.25) is 0 Å². The normalized spacial score (nSPS) is 11.8. The molecule has 0 radical (unpaired) electrons. The molecule has 9 heteroatoms. The number of ether oxygens (including phenoxy) is 1. The van der Waals surface area contributed by atoms with Gasteiger partial charge in [0.15, 0.2) is 6.10 Å². The first kappa shape index (κ1) is 16.6. The first-order valence-electron chi connectivity index (χ1n) is 5.89. The molecule has 1 aromatic rings. The van der Waals surface area contributed by atoms with E-state index in [0.717, 1.165) is 0 Å². The number of benzene rings is 1. The van der Waals surface area contributed by atoms with Crippen LogP contribution in [0.2, 0.25) is 0 Å². The minimum atomic E-state index is -3.03. The zero-order chi connectivity index (χ0) is 15.8. The lowest BCUT2D eigenvalue weighted by atomic mass is 10.2. The number of amides is 2. The number of anilines is 1. The van der Waals surface area contributed by atoms with Gasteiger partial charge in [0.1, 0.15) is 5.75 Å². The number of hydrogen-bond acceptors (Lipinski definition) is 4. The quantitative estimate of drug-likeness (QED) is 0.606. The van der Waals surface area contributed by atoms with Crippen LogP contribution < -0.4 is 15.4 Å². The fraction of sp³-hybridized carbons (Fsp3) is 0.333. The number of urea groups is 1. The smallest absolute Gasteiger partial charge is 0.387 e. The number of nitrogens with one attached hydrogen (secondary N) is 2. The Hall–Kier alpha value is -2.42. The Bertz CT molecular complexity index is 498. The van der Waals surface area contributed by atoms with Gasteiger partial charge in [-0.15, -0.1) is 0 Å². The number of rotatable bonds is 7. The van der Waals surface area contributed by atoms with Crippen molar-refractivity contribution in [2.75, 3.05) is 11.9 Å². The third-order valence-corrected chi connectivity index (χ3v) is 2.34. The van der Waals surface area contributed by atoms with Crippen LogP contribution in [0.1, 0.15) is 6.42 Å². The van der Waals surface area contributed by atoms with Gasteiger partial charge in [0.2, 0.25) is 0 Å². The summed E-state index contributed by atoms with van der Waals surface area (Å²) in [6, 6.07) is 4.86. The van der Waals surface area contributed by atoms with E-state index >= 15 is 0 Å². The molecule has 0 bridgehead atoms. The van der Waals surface area contributed by atoms with Gasteiger partial charge in [-0.1, -0.05) is 12.1 Å². The molecule has 4 N–H and O–H groups in total. The predicted molar refractivity (Wildman–Crippen MR) is 68.4 cm³/mol. The monoisotopic (exact) mass is 304 g/mol. The number of alkyl halides is 2. The molecule has 0 fully saturated rings. The van der Waals surface area contributed by atoms with Gasteiger partial charge in [0.25, 0.3) is 0 Å². The lowest BCUT2D eigenvalue weighted by Gasteiger charge is -2.12. The van der Waals surface area contributed by atoms with Crippen LogP contribution in [0.4, 0.5) is 19.3 Å². The number of carboxylic acids is 1. The molecule has 1 aromatic carbocycles. The molecule has 0 heterocycles. The Balaban J connectivity index is 2.49. The number of aliphatic hydroxyl groups is 1. The van der Waals surface area contributed by atoms with Crippen LogP contribution in [0.15, 0.2) is 24.3 Å². The second-order valence-electron chi connectivity index (χ2n) is 3.90. The average molecular weight is 304 g/mol. The molecule has 0 aliphatic heterocycles. The van der Waals surface area contributed by atoms with Gasteiger partial charge in [-0.25, -0.2) is 9.59 Å². The van der Waals surface area contributed by atoms with Crippen molar-refractivity contribution in [1.82, 2.24) is 5.32 Å². The molecule has 7 nitrogen and oxygen atoms in total. The Morgan fingerprint density at radius 1 is 1.29 bits per heavy atom. The third kappa shape index (κ3) is 6.04. The summed E-state index contributed by atoms with van der Waals surface area (Å²) >= 11 is 0. The summed E-state index contributed by atoms with van der Waals surface area (Å²) in [4.78, 5) is 21.9. The van der Waals surface area contributed by atoms with Crippen LogP contribution >= 0.6 is 0 Å². The van der Waals surface area contributed by atoms with E-state index < -0.39 is 24.7 Å². The van der Waals surface area contributed by atoms with Crippen LogP contribution in [0.5, 0.6) is 5.75 Å². The topological polar surface area (TPSA) is 108 Å². The summed E-state index contributed by atoms with van der Waals surface area (Å²) in [6.45, 7) is -3.13. The Kier molecular flexibility index (Phi) is 6.34. The van der Waals surface area contributed by atoms with Gasteiger partial charge in [0.05, 0.1) is 5.69 Å². The maximum Gasteiger partial charge on any atom is 0.387 e. The second kappa shape index (κ2) is 8.00. The molecule has 1 rings (SSSR count). The van der Waals surface area contributed by atoms with Gasteiger partial charge in [0, 0.05) is 13.0 Å². The van der Waals surface area contributed by atoms with E-state index in [9.17, 15) is 18.4 Å². The van der Waals surface area contributed by atoms with Crippen molar-refractivity contribution >= 4 is 17.7 Å². The van der Waals surface area contributed by atoms with Crippen molar-refractivity contribution in [1.29, 1.82) is 0 Å². The van der Waals surface area contributed by atoms with Crippen molar-refractivity contribution in [3.8, 4) is 5.75 Å². The first-order chi connectivity index (χ1) is 9.90. The number of aliphatic carboxylic acids is 1. The molecule has 2 amide bonds. The number of carboxylic acid groups (broad SMARTS) is 1. The fourth-order valence-electron chi connectivity index (χ4n) is 1.38. The Labute approximate surface area is 118 Å². The summed E-state index contributed by atoms with van der Waals surface area (Å²) in [5, 5.41) is 22.0. The van der Waals surface area contributed by atoms with E-state index in [4.69, 9.17) is 10.2 Å². The molecular weight excluding hydrogens is 290 g/mol. The van der Waals surface area contributed by atoms with Gasteiger partial charge < -0.3 is 25.6 Å². The number of hydrogen-bond donors (Lipinski definition) is 4. The summed E-state index contributed by atoms with van der Waals surface area (Å²) in [7, 11) is 0. The zero-order valence-electron chi connectivity index (χ0n) is 10.8. The summed E-state index contributed by atoms with van der Waals surface area (Å²) in [5.74, 6) is -1.60. The highest BCUT2D eigenvalue weighted by atomic mass is 19.3. The van der Waals surface area contributed by atoms with Crippen LogP contribution in [-0.4, -0.2) is 41.5 Å². The lowest BCUT2D eigenvalue weighted by molar-refractivity contribution is -0.146. The lowest BCUT2D eigenvalue weighted by Crippen LogP contribution is -2.33. The van der Waals surface area contributed by atoms with Crippen molar-refractivity contribution in [2.24, 2.45) is 0 Å². The van der Waals surface area contributed by atoms with E-state index in [1.165, 1.54) is 24.3 Å². The molecule has 0 saturated heterocycles. The number of carbonyl (C=O) groups is 2. The number of aliphatic hydroxyl groups excluding tert-OH is 1. The van der Waals surface area contributed by atoms with Crippen molar-refractivity contribution < 1.29 is 33.3 Å². The minimum absolute atomic E-state index is 0.0362. The van der Waals surface area contributed by atoms with Crippen molar-refractivity contribution in [3.05, 3.63) is 24.3 Å². The standard InChI is InChI=1S/C12H14F2N2O5/c13-11(14)21-9-4-2-1-3-7(9)16-12(20)15-6-5-8(17)10(18)19/h1-4,8,11,17H,5-6H2,(H,18,19)(H2,15,16,20)/t8-/m0/s1. The zero-order valence-corrected chi connectivity index (χ0v) is 10.8. The van der Waals surface area contributed by atoms with Crippen LogP contribution in [-0.2, 0) is 4.79 Å². The van der Waals surface area contributed by atoms with Crippen LogP contribution in [0.3, 0.4) is 0 Å². The number of para-hydroxylation sites is 2. The van der Waals surface area contributed by atoms with E-state index in [-0.39, 0.29) is 24.4 Å². The molecule has 1 atom stereocenters. The maximum absolute atomic E-state index is 12.2. The summed E-state index contributed by atoms with van der Waals surface area (Å²) < 4.78 is 28.6. The maximum atomic E-state index is 12.2. The fourth-order valence-corrected chi connectivity index (χ4v) is 1.38. The van der Waals surface area contributed by atoms with Gasteiger partial charge >= 0.3 is 18.6 Å². The molecule has 21 heavy (non-hydrogen) atoms. The van der Waals surface area contributed by atoms with Gasteiger partial charge in [-0.2, -0.15) is 8.78 Å². The molecule has 0 saturated carbocycles. The predicted octanol–water partition coefficient (Wildman–Crippen LogP) is 1.25. The first-order valence-corrected chi connectivity index (χ1v) is 5.89. The highest BCUT2D eigenvalue weighted by molar-refractivity contribution is 5.90. The SMILES string of the molecule is O=C(NCC[C@H](O)C(=O)O)Nc1ccccc1OC(F)F. The molecule has 116 valence electrons. The summed E-state index contributed by atoms with van der Waals surface area (Å²) in [6.07, 6.45) is -1.77. The highest BCUT2D eigenvalue weighted by Gasteiger charge is 2.14. The van der Waals surface area contributed by atoms with E-state index in [1.54, 1.807) is 0 Å². The highest BCUT2D eigenvalue weighted by Crippen LogP contribution is 2.25. The average Bonchev–Trinajstić information content (AvgIpc) is 2.40. The second-order valence-corrected chi connectivity index (χ2v) is 3.90. The largest absolute Gasteiger partial charge is 0.479 e. The molecule has 0 spiro atoms. The van der Waals surface area contributed by atoms with E-state index in [1.807, 2.05) is 0 Å². The minimum Gasteiger partial charge on any atom is -0.479 e. The third-order valence-electron chi connectivity index (χ3n) is 2.34. The summed E-state index contributed by atoms with van der Waals surface area (Å²) in [5.41, 5.74) is 0.0362. The Morgan fingerprint density at radius 2 is 1.95 bits per heavy atom. The molecular formula is C12H14F2N2O5. The van der Waals surface area contributed by atoms with Crippen LogP contribution in [0.25, 0.3) is 0 Å². The van der Waals surface area contributed by atoms with Gasteiger partial charge in [-0.05, 0) is 12.1 Å². The number of carbonyl (C=O) groups excluding carboxylic acids is 1. The van der Waals surface area contributed by atoms with Crippen molar-refractivity contribution in [2.45, 2.75) is 19.1 Å². The Morgan fingerprint density at radius 3 is 2.57 bits per heavy atom. The van der Waals surface area contributed by atoms with E-state index in [2.05, 4.69) is 15.4 Å². The molecule has 0 unspecified atom stereocenters. The van der Waals surface area contributed by atoms with Crippen molar-refractivity contribution in [3.63, 3.8) is 0 Å². The molecule has 0 aliphatic carbocycles. The molecule has 0 aromatic heterocycles. The van der Waals surface area contributed by atoms with Crippen LogP contribution in [0, 0.1) is 0 Å². The van der Waals surface area contributed by atoms with E-state index in [0.29, 0.717) is 0 Å². The molecule has 0 aliphatic rings. The number of halogens is 2.